The van der Waals surface area contributed by atoms with Crippen LogP contribution in [0.3, 0.4) is 0 Å². The summed E-state index contributed by atoms with van der Waals surface area (Å²) in [6.07, 6.45) is 2.34. The average Bonchev–Trinajstić information content (AvgIpc) is 2.69. The van der Waals surface area contributed by atoms with Gasteiger partial charge >= 0.3 is 0 Å². The van der Waals surface area contributed by atoms with E-state index in [0.29, 0.717) is 23.1 Å². The Balaban J connectivity index is 2.11. The lowest BCUT2D eigenvalue weighted by atomic mass is 10.2. The fourth-order valence-electron chi connectivity index (χ4n) is 1.41. The van der Waals surface area contributed by atoms with E-state index in [9.17, 15) is 4.79 Å². The highest BCUT2D eigenvalue weighted by Gasteiger charge is 2.06. The normalized spacial score (nSPS) is 10.4. The zero-order valence-corrected chi connectivity index (χ0v) is 11.9. The van der Waals surface area contributed by atoms with Crippen LogP contribution in [0, 0.1) is 0 Å². The molecule has 0 aliphatic heterocycles. The monoisotopic (exact) mass is 328 g/mol. The van der Waals surface area contributed by atoms with Gasteiger partial charge in [0.1, 0.15) is 23.3 Å². The predicted molar refractivity (Wildman–Crippen MR) is 72.1 cm³/mol. The number of aromatic nitrogens is 2. The topological polar surface area (TPSA) is 44.1 Å². The van der Waals surface area contributed by atoms with Gasteiger partial charge in [0.2, 0.25) is 0 Å². The first kappa shape index (κ1) is 13.1. The summed E-state index contributed by atoms with van der Waals surface area (Å²) in [6, 6.07) is 5.22. The molecule has 1 heterocycles. The molecule has 0 radical (unpaired) electrons. The van der Waals surface area contributed by atoms with E-state index >= 15 is 0 Å². The summed E-state index contributed by atoms with van der Waals surface area (Å²) in [7, 11) is 1.81. The van der Waals surface area contributed by atoms with Gasteiger partial charge in [0, 0.05) is 17.1 Å². The summed E-state index contributed by atoms with van der Waals surface area (Å²) in [5.74, 6) is 1.33. The SMILES string of the molecule is Cn1c(Cl)cnc1COc1ccc(Br)c(C=O)c1. The van der Waals surface area contributed by atoms with Gasteiger partial charge < -0.3 is 9.30 Å². The molecule has 0 saturated carbocycles. The van der Waals surface area contributed by atoms with Crippen molar-refractivity contribution in [3.63, 3.8) is 0 Å². The van der Waals surface area contributed by atoms with Crippen LogP contribution in [0.25, 0.3) is 0 Å². The van der Waals surface area contributed by atoms with Gasteiger partial charge in [-0.1, -0.05) is 27.5 Å². The molecule has 4 nitrogen and oxygen atoms in total. The molecule has 1 aromatic heterocycles. The number of carbonyl (C=O) groups excluding carboxylic acids is 1. The van der Waals surface area contributed by atoms with Crippen molar-refractivity contribution < 1.29 is 9.53 Å². The van der Waals surface area contributed by atoms with Gasteiger partial charge in [-0.15, -0.1) is 0 Å². The van der Waals surface area contributed by atoms with Gasteiger partial charge in [-0.05, 0) is 18.2 Å². The summed E-state index contributed by atoms with van der Waals surface area (Å²) in [5, 5.41) is 0.554. The van der Waals surface area contributed by atoms with Crippen molar-refractivity contribution in [3.8, 4) is 5.75 Å². The third-order valence-corrected chi connectivity index (χ3v) is 3.56. The van der Waals surface area contributed by atoms with E-state index in [1.54, 1.807) is 29.0 Å². The van der Waals surface area contributed by atoms with Gasteiger partial charge in [0.15, 0.2) is 6.29 Å². The Morgan fingerprint density at radius 1 is 1.56 bits per heavy atom. The van der Waals surface area contributed by atoms with E-state index in [1.165, 1.54) is 0 Å². The van der Waals surface area contributed by atoms with E-state index in [-0.39, 0.29) is 0 Å². The summed E-state index contributed by atoms with van der Waals surface area (Å²) in [5.41, 5.74) is 0.547. The smallest absolute Gasteiger partial charge is 0.151 e. The first-order valence-electron chi connectivity index (χ1n) is 5.15. The molecular formula is C12H10BrClN2O2. The quantitative estimate of drug-likeness (QED) is 0.809. The van der Waals surface area contributed by atoms with Gasteiger partial charge in [0.25, 0.3) is 0 Å². The predicted octanol–water partition coefficient (Wildman–Crippen LogP) is 3.23. The lowest BCUT2D eigenvalue weighted by Gasteiger charge is -2.07. The van der Waals surface area contributed by atoms with Gasteiger partial charge in [-0.3, -0.25) is 4.79 Å². The van der Waals surface area contributed by atoms with Crippen LogP contribution in [0.15, 0.2) is 28.9 Å². The molecule has 0 spiro atoms. The minimum atomic E-state index is 0.295. The molecule has 6 heteroatoms. The molecule has 18 heavy (non-hydrogen) atoms. The fourth-order valence-corrected chi connectivity index (χ4v) is 1.89. The zero-order chi connectivity index (χ0) is 13.1. The third kappa shape index (κ3) is 2.73. The van der Waals surface area contributed by atoms with Crippen LogP contribution in [0.4, 0.5) is 0 Å². The maximum absolute atomic E-state index is 10.8. The van der Waals surface area contributed by atoms with Crippen molar-refractivity contribution in [2.75, 3.05) is 0 Å². The van der Waals surface area contributed by atoms with E-state index in [2.05, 4.69) is 20.9 Å². The van der Waals surface area contributed by atoms with Crippen LogP contribution >= 0.6 is 27.5 Å². The molecule has 2 aromatic rings. The molecule has 1 aromatic carbocycles. The Bertz CT molecular complexity index is 583. The number of benzene rings is 1. The number of carbonyl (C=O) groups is 1. The molecule has 94 valence electrons. The van der Waals surface area contributed by atoms with Crippen LogP contribution in [0.5, 0.6) is 5.75 Å². The molecule has 0 saturated heterocycles. The van der Waals surface area contributed by atoms with Crippen LogP contribution in [0.1, 0.15) is 16.2 Å². The number of rotatable bonds is 4. The number of hydrogen-bond acceptors (Lipinski definition) is 3. The Morgan fingerprint density at radius 3 is 2.94 bits per heavy atom. The van der Waals surface area contributed by atoms with Crippen molar-refractivity contribution >= 4 is 33.8 Å². The van der Waals surface area contributed by atoms with Crippen LogP contribution in [-0.4, -0.2) is 15.8 Å². The van der Waals surface area contributed by atoms with E-state index in [4.69, 9.17) is 16.3 Å². The number of ether oxygens (including phenoxy) is 1. The summed E-state index contributed by atoms with van der Waals surface area (Å²) in [6.45, 7) is 0.295. The van der Waals surface area contributed by atoms with Crippen molar-refractivity contribution in [2.24, 2.45) is 7.05 Å². The van der Waals surface area contributed by atoms with E-state index < -0.39 is 0 Å². The molecule has 0 atom stereocenters. The Morgan fingerprint density at radius 2 is 2.33 bits per heavy atom. The van der Waals surface area contributed by atoms with Crippen LogP contribution in [-0.2, 0) is 13.7 Å². The molecule has 0 unspecified atom stereocenters. The highest BCUT2D eigenvalue weighted by Crippen LogP contribution is 2.22. The van der Waals surface area contributed by atoms with Crippen molar-refractivity contribution in [1.29, 1.82) is 0 Å². The number of imidazole rings is 1. The largest absolute Gasteiger partial charge is 0.486 e. The Kier molecular flexibility index (Phi) is 4.04. The zero-order valence-electron chi connectivity index (χ0n) is 9.56. The molecule has 2 rings (SSSR count). The number of halogens is 2. The Hall–Kier alpha value is -1.33. The van der Waals surface area contributed by atoms with E-state index in [0.717, 1.165) is 16.6 Å². The minimum Gasteiger partial charge on any atom is -0.486 e. The molecule has 0 aliphatic rings. The lowest BCUT2D eigenvalue weighted by molar-refractivity contribution is 0.112. The minimum absolute atomic E-state index is 0.295. The fraction of sp³-hybridized carbons (Fsp3) is 0.167. The molecule has 0 bridgehead atoms. The highest BCUT2D eigenvalue weighted by molar-refractivity contribution is 9.10. The van der Waals surface area contributed by atoms with Crippen LogP contribution in [0.2, 0.25) is 5.15 Å². The second kappa shape index (κ2) is 5.54. The standard InChI is InChI=1S/C12H10BrClN2O2/c1-16-11(14)5-15-12(16)7-18-9-2-3-10(13)8(4-9)6-17/h2-6H,7H2,1H3. The molecule has 0 fully saturated rings. The van der Waals surface area contributed by atoms with Crippen molar-refractivity contribution in [1.82, 2.24) is 9.55 Å². The highest BCUT2D eigenvalue weighted by atomic mass is 79.9. The van der Waals surface area contributed by atoms with Gasteiger partial charge in [-0.25, -0.2) is 4.98 Å². The molecule has 0 N–H and O–H groups in total. The number of hydrogen-bond donors (Lipinski definition) is 0. The molecule has 0 aliphatic carbocycles. The van der Waals surface area contributed by atoms with Crippen molar-refractivity contribution in [3.05, 3.63) is 45.4 Å². The maximum atomic E-state index is 10.8. The molecule has 0 amide bonds. The van der Waals surface area contributed by atoms with Gasteiger partial charge in [-0.2, -0.15) is 0 Å². The average molecular weight is 330 g/mol. The second-order valence-electron chi connectivity index (χ2n) is 3.65. The van der Waals surface area contributed by atoms with Crippen molar-refractivity contribution in [2.45, 2.75) is 6.61 Å². The van der Waals surface area contributed by atoms with Gasteiger partial charge in [0.05, 0.1) is 6.20 Å². The van der Waals surface area contributed by atoms with E-state index in [1.807, 2.05) is 7.05 Å². The third-order valence-electron chi connectivity index (χ3n) is 2.49. The summed E-state index contributed by atoms with van der Waals surface area (Å²) in [4.78, 5) is 14.9. The lowest BCUT2D eigenvalue weighted by Crippen LogP contribution is -2.03. The second-order valence-corrected chi connectivity index (χ2v) is 4.89. The Labute approximate surface area is 118 Å². The summed E-state index contributed by atoms with van der Waals surface area (Å²) >= 11 is 9.15. The first-order chi connectivity index (χ1) is 8.61. The number of nitrogens with zero attached hydrogens (tertiary/aromatic N) is 2. The maximum Gasteiger partial charge on any atom is 0.151 e. The number of aldehydes is 1. The summed E-state index contributed by atoms with van der Waals surface area (Å²) < 4.78 is 8.04. The molecular weight excluding hydrogens is 320 g/mol. The first-order valence-corrected chi connectivity index (χ1v) is 6.32. The van der Waals surface area contributed by atoms with Crippen LogP contribution < -0.4 is 4.74 Å².